The molecule has 118 valence electrons. The minimum atomic E-state index is -3.84. The van der Waals surface area contributed by atoms with Crippen LogP contribution in [0.5, 0.6) is 0 Å². The molecule has 0 aromatic carbocycles. The molecule has 1 N–H and O–H groups in total. The zero-order valence-corrected chi connectivity index (χ0v) is 14.0. The van der Waals surface area contributed by atoms with Crippen molar-refractivity contribution in [2.45, 2.75) is 23.8 Å². The molecular formula is C12H16ClNO5S2. The number of aryl methyl sites for hydroxylation is 1. The predicted molar refractivity (Wildman–Crippen MR) is 79.6 cm³/mol. The minimum absolute atomic E-state index is 0.0232. The summed E-state index contributed by atoms with van der Waals surface area (Å²) in [5, 5.41) is 2.75. The fourth-order valence-corrected chi connectivity index (χ4v) is 4.69. The molecular weight excluding hydrogens is 338 g/mol. The van der Waals surface area contributed by atoms with Crippen LogP contribution in [0, 0.1) is 6.92 Å². The van der Waals surface area contributed by atoms with E-state index in [0.717, 1.165) is 11.3 Å². The second-order valence-electron chi connectivity index (χ2n) is 4.84. The molecule has 2 heterocycles. The predicted octanol–water partition coefficient (Wildman–Crippen LogP) is 1.52. The number of ether oxygens (including phenoxy) is 2. The number of thiophene rings is 1. The molecule has 1 saturated heterocycles. The molecule has 1 fully saturated rings. The molecule has 0 radical (unpaired) electrons. The van der Waals surface area contributed by atoms with Gasteiger partial charge in [-0.05, 0) is 13.0 Å². The maximum atomic E-state index is 12.1. The van der Waals surface area contributed by atoms with Crippen LogP contribution in [-0.4, -0.2) is 46.8 Å². The Balaban J connectivity index is 2.07. The van der Waals surface area contributed by atoms with Crippen LogP contribution >= 0.6 is 22.0 Å². The first-order valence-electron chi connectivity index (χ1n) is 6.24. The molecule has 0 spiro atoms. The number of nitrogens with one attached hydrogen (secondary N) is 1. The van der Waals surface area contributed by atoms with Crippen LogP contribution in [-0.2, 0) is 18.5 Å². The highest BCUT2D eigenvalue weighted by molar-refractivity contribution is 8.13. The third-order valence-electron chi connectivity index (χ3n) is 3.43. The van der Waals surface area contributed by atoms with E-state index in [9.17, 15) is 13.2 Å². The van der Waals surface area contributed by atoms with Crippen molar-refractivity contribution >= 4 is 37.0 Å². The van der Waals surface area contributed by atoms with Gasteiger partial charge in [0.05, 0.1) is 16.4 Å². The molecule has 1 aromatic heterocycles. The third kappa shape index (κ3) is 3.75. The van der Waals surface area contributed by atoms with Crippen LogP contribution in [0.25, 0.3) is 0 Å². The van der Waals surface area contributed by atoms with E-state index in [4.69, 9.17) is 20.2 Å². The number of hydrogen-bond donors (Lipinski definition) is 1. The van der Waals surface area contributed by atoms with Crippen molar-refractivity contribution in [2.75, 3.05) is 26.9 Å². The topological polar surface area (TPSA) is 81.7 Å². The smallest absolute Gasteiger partial charge is 0.262 e. The van der Waals surface area contributed by atoms with Crippen LogP contribution in [0.2, 0.25) is 0 Å². The van der Waals surface area contributed by atoms with Crippen LogP contribution in [0.4, 0.5) is 0 Å². The summed E-state index contributed by atoms with van der Waals surface area (Å²) in [5.74, 6) is -0.349. The largest absolute Gasteiger partial charge is 0.378 e. The number of halogens is 1. The lowest BCUT2D eigenvalue weighted by Gasteiger charge is -2.25. The molecule has 1 amide bonds. The highest BCUT2D eigenvalue weighted by Crippen LogP contribution is 2.28. The molecule has 2 rings (SSSR count). The van der Waals surface area contributed by atoms with Gasteiger partial charge in [-0.1, -0.05) is 0 Å². The van der Waals surface area contributed by atoms with E-state index in [-0.39, 0.29) is 10.8 Å². The summed E-state index contributed by atoms with van der Waals surface area (Å²) >= 11 is 1.09. The summed E-state index contributed by atoms with van der Waals surface area (Å²) in [6.45, 7) is 2.94. The fraction of sp³-hybridized carbons (Fsp3) is 0.583. The Labute approximate surface area is 131 Å². The van der Waals surface area contributed by atoms with Gasteiger partial charge in [-0.15, -0.1) is 11.3 Å². The van der Waals surface area contributed by atoms with Gasteiger partial charge in [0, 0.05) is 42.2 Å². The number of methoxy groups -OCH3 is 1. The van der Waals surface area contributed by atoms with Gasteiger partial charge < -0.3 is 14.8 Å². The SMILES string of the molecule is COC1(CNC(=O)c2cc(S(=O)(=O)Cl)c(C)s2)CCOC1. The van der Waals surface area contributed by atoms with Gasteiger partial charge >= 0.3 is 0 Å². The Hall–Kier alpha value is -0.670. The van der Waals surface area contributed by atoms with Gasteiger partial charge in [0.15, 0.2) is 0 Å². The van der Waals surface area contributed by atoms with Crippen LogP contribution in [0.15, 0.2) is 11.0 Å². The maximum absolute atomic E-state index is 12.1. The Kier molecular flexibility index (Phi) is 4.94. The molecule has 0 aliphatic carbocycles. The molecule has 1 aliphatic heterocycles. The van der Waals surface area contributed by atoms with Crippen molar-refractivity contribution in [1.82, 2.24) is 5.32 Å². The Bertz CT molecular complexity index is 634. The van der Waals surface area contributed by atoms with Gasteiger partial charge in [0.25, 0.3) is 15.0 Å². The molecule has 0 saturated carbocycles. The summed E-state index contributed by atoms with van der Waals surface area (Å²) < 4.78 is 33.4. The monoisotopic (exact) mass is 353 g/mol. The average Bonchev–Trinajstić information content (AvgIpc) is 3.02. The zero-order valence-electron chi connectivity index (χ0n) is 11.6. The molecule has 1 unspecified atom stereocenters. The summed E-state index contributed by atoms with van der Waals surface area (Å²) in [6.07, 6.45) is 0.703. The van der Waals surface area contributed by atoms with Crippen molar-refractivity contribution in [2.24, 2.45) is 0 Å². The Morgan fingerprint density at radius 3 is 2.81 bits per heavy atom. The number of hydrogen-bond acceptors (Lipinski definition) is 6. The fourth-order valence-electron chi connectivity index (χ4n) is 2.11. The van der Waals surface area contributed by atoms with Gasteiger partial charge in [0.1, 0.15) is 5.60 Å². The first-order chi connectivity index (χ1) is 9.77. The first kappa shape index (κ1) is 16.7. The summed E-state index contributed by atoms with van der Waals surface area (Å²) in [7, 11) is 3.06. The van der Waals surface area contributed by atoms with E-state index in [1.807, 2.05) is 0 Å². The zero-order chi connectivity index (χ0) is 15.7. The number of amides is 1. The second kappa shape index (κ2) is 6.21. The maximum Gasteiger partial charge on any atom is 0.262 e. The Morgan fingerprint density at radius 2 is 2.33 bits per heavy atom. The van der Waals surface area contributed by atoms with Crippen molar-refractivity contribution < 1.29 is 22.7 Å². The lowest BCUT2D eigenvalue weighted by atomic mass is 10.0. The van der Waals surface area contributed by atoms with Crippen LogP contribution < -0.4 is 5.32 Å². The van der Waals surface area contributed by atoms with Gasteiger partial charge in [0.2, 0.25) is 0 Å². The van der Waals surface area contributed by atoms with Crippen LogP contribution in [0.1, 0.15) is 21.0 Å². The van der Waals surface area contributed by atoms with Crippen molar-refractivity contribution in [3.63, 3.8) is 0 Å². The van der Waals surface area contributed by atoms with Crippen molar-refractivity contribution in [1.29, 1.82) is 0 Å². The van der Waals surface area contributed by atoms with Crippen LogP contribution in [0.3, 0.4) is 0 Å². The second-order valence-corrected chi connectivity index (χ2v) is 8.63. The van der Waals surface area contributed by atoms with Crippen molar-refractivity contribution in [3.05, 3.63) is 15.8 Å². The van der Waals surface area contributed by atoms with E-state index in [2.05, 4.69) is 5.32 Å². The quantitative estimate of drug-likeness (QED) is 0.811. The standard InChI is InChI=1S/C12H16ClNO5S2/c1-8-10(21(13,16)17)5-9(20-8)11(15)14-6-12(18-2)3-4-19-7-12/h5H,3-4,6-7H2,1-2H3,(H,14,15). The van der Waals surface area contributed by atoms with E-state index in [0.29, 0.717) is 35.9 Å². The summed E-state index contributed by atoms with van der Waals surface area (Å²) in [4.78, 5) is 12.9. The molecule has 0 bridgehead atoms. The minimum Gasteiger partial charge on any atom is -0.378 e. The molecule has 21 heavy (non-hydrogen) atoms. The third-order valence-corrected chi connectivity index (χ3v) is 6.06. The Morgan fingerprint density at radius 1 is 1.62 bits per heavy atom. The molecule has 1 atom stereocenters. The highest BCUT2D eigenvalue weighted by atomic mass is 35.7. The van der Waals surface area contributed by atoms with E-state index in [1.54, 1.807) is 14.0 Å². The number of carbonyl (C=O) groups is 1. The number of rotatable bonds is 5. The normalized spacial score (nSPS) is 22.4. The van der Waals surface area contributed by atoms with Crippen molar-refractivity contribution in [3.8, 4) is 0 Å². The van der Waals surface area contributed by atoms with Gasteiger partial charge in [-0.2, -0.15) is 0 Å². The van der Waals surface area contributed by atoms with E-state index in [1.165, 1.54) is 6.07 Å². The molecule has 1 aromatic rings. The first-order valence-corrected chi connectivity index (χ1v) is 9.36. The highest BCUT2D eigenvalue weighted by Gasteiger charge is 2.35. The lowest BCUT2D eigenvalue weighted by molar-refractivity contribution is -0.0148. The molecule has 6 nitrogen and oxygen atoms in total. The van der Waals surface area contributed by atoms with E-state index >= 15 is 0 Å². The van der Waals surface area contributed by atoms with E-state index < -0.39 is 14.7 Å². The molecule has 9 heteroatoms. The average molecular weight is 354 g/mol. The molecule has 1 aliphatic rings. The van der Waals surface area contributed by atoms with Gasteiger partial charge in [-0.25, -0.2) is 8.42 Å². The summed E-state index contributed by atoms with van der Waals surface area (Å²) in [6, 6.07) is 1.29. The number of carbonyl (C=O) groups excluding carboxylic acids is 1. The lowest BCUT2D eigenvalue weighted by Crippen LogP contribution is -2.44. The van der Waals surface area contributed by atoms with Gasteiger partial charge in [-0.3, -0.25) is 4.79 Å². The summed E-state index contributed by atoms with van der Waals surface area (Å²) in [5.41, 5.74) is -0.511.